The summed E-state index contributed by atoms with van der Waals surface area (Å²) < 4.78 is 0. The number of nitrogens with one attached hydrogen (secondary N) is 1. The summed E-state index contributed by atoms with van der Waals surface area (Å²) in [6.45, 7) is 4.22. The van der Waals surface area contributed by atoms with Crippen molar-refractivity contribution in [3.8, 4) is 0 Å². The zero-order valence-electron chi connectivity index (χ0n) is 9.90. The molecule has 0 amide bonds. The fourth-order valence-electron chi connectivity index (χ4n) is 1.60. The lowest BCUT2D eigenvalue weighted by Gasteiger charge is -2.20. The molecule has 1 unspecified atom stereocenters. The van der Waals surface area contributed by atoms with Gasteiger partial charge in [0.1, 0.15) is 0 Å². The zero-order valence-corrected chi connectivity index (χ0v) is 9.90. The topological polar surface area (TPSA) is 28.2 Å². The Morgan fingerprint density at radius 1 is 1.47 bits per heavy atom. The highest BCUT2D eigenvalue weighted by Crippen LogP contribution is 2.15. The van der Waals surface area contributed by atoms with E-state index >= 15 is 0 Å². The highest BCUT2D eigenvalue weighted by Gasteiger charge is 2.09. The standard InChI is InChI=1S/C12H21N3/c1-4-14-12(7-9-15(2)3)11-6-5-8-13-10-11/h5-6,8,10,12,14H,4,7,9H2,1-3H3. The summed E-state index contributed by atoms with van der Waals surface area (Å²) in [5, 5.41) is 3.49. The van der Waals surface area contributed by atoms with Gasteiger partial charge in [-0.25, -0.2) is 0 Å². The molecule has 0 aliphatic heterocycles. The molecule has 1 heterocycles. The number of nitrogens with zero attached hydrogens (tertiary/aromatic N) is 2. The van der Waals surface area contributed by atoms with Crippen molar-refractivity contribution in [2.45, 2.75) is 19.4 Å². The van der Waals surface area contributed by atoms with Gasteiger partial charge in [0, 0.05) is 18.4 Å². The van der Waals surface area contributed by atoms with Crippen LogP contribution in [0.1, 0.15) is 24.9 Å². The number of pyridine rings is 1. The van der Waals surface area contributed by atoms with Crippen molar-refractivity contribution in [1.29, 1.82) is 0 Å². The summed E-state index contributed by atoms with van der Waals surface area (Å²) >= 11 is 0. The quantitative estimate of drug-likeness (QED) is 0.769. The second-order valence-corrected chi connectivity index (χ2v) is 3.99. The van der Waals surface area contributed by atoms with Crippen molar-refractivity contribution in [3.63, 3.8) is 0 Å². The summed E-state index contributed by atoms with van der Waals surface area (Å²) in [5.41, 5.74) is 1.28. The average Bonchev–Trinajstić information content (AvgIpc) is 2.25. The van der Waals surface area contributed by atoms with Gasteiger partial charge in [-0.1, -0.05) is 13.0 Å². The summed E-state index contributed by atoms with van der Waals surface area (Å²) in [5.74, 6) is 0. The maximum absolute atomic E-state index is 4.16. The van der Waals surface area contributed by atoms with E-state index < -0.39 is 0 Å². The largest absolute Gasteiger partial charge is 0.310 e. The first kappa shape index (κ1) is 12.1. The molecule has 3 heteroatoms. The molecule has 0 radical (unpaired) electrons. The van der Waals surface area contributed by atoms with Gasteiger partial charge in [0.2, 0.25) is 0 Å². The van der Waals surface area contributed by atoms with Crippen LogP contribution < -0.4 is 5.32 Å². The second-order valence-electron chi connectivity index (χ2n) is 3.99. The molecule has 0 aliphatic rings. The minimum atomic E-state index is 0.422. The highest BCUT2D eigenvalue weighted by atomic mass is 15.1. The van der Waals surface area contributed by atoms with Crippen LogP contribution in [0.2, 0.25) is 0 Å². The first-order valence-electron chi connectivity index (χ1n) is 5.52. The van der Waals surface area contributed by atoms with Crippen LogP contribution >= 0.6 is 0 Å². The lowest BCUT2D eigenvalue weighted by molar-refractivity contribution is 0.363. The Labute approximate surface area is 92.5 Å². The van der Waals surface area contributed by atoms with Gasteiger partial charge >= 0.3 is 0 Å². The van der Waals surface area contributed by atoms with Crippen LogP contribution in [0.15, 0.2) is 24.5 Å². The molecular weight excluding hydrogens is 186 g/mol. The molecule has 1 aromatic rings. The van der Waals surface area contributed by atoms with Gasteiger partial charge in [-0.2, -0.15) is 0 Å². The Morgan fingerprint density at radius 3 is 2.80 bits per heavy atom. The summed E-state index contributed by atoms with van der Waals surface area (Å²) in [7, 11) is 4.21. The third-order valence-electron chi connectivity index (χ3n) is 2.40. The van der Waals surface area contributed by atoms with E-state index in [0.29, 0.717) is 6.04 Å². The third-order valence-corrected chi connectivity index (χ3v) is 2.40. The predicted octanol–water partition coefficient (Wildman–Crippen LogP) is 1.68. The maximum atomic E-state index is 4.16. The van der Waals surface area contributed by atoms with Gasteiger partial charge in [-0.05, 0) is 45.2 Å². The van der Waals surface area contributed by atoms with Crippen molar-refractivity contribution in [1.82, 2.24) is 15.2 Å². The molecule has 0 spiro atoms. The number of hydrogen-bond donors (Lipinski definition) is 1. The molecule has 0 aliphatic carbocycles. The van der Waals surface area contributed by atoms with E-state index in [1.165, 1.54) is 5.56 Å². The number of rotatable bonds is 6. The molecular formula is C12H21N3. The normalized spacial score (nSPS) is 13.1. The smallest absolute Gasteiger partial charge is 0.0347 e. The lowest BCUT2D eigenvalue weighted by atomic mass is 10.1. The molecule has 84 valence electrons. The monoisotopic (exact) mass is 207 g/mol. The van der Waals surface area contributed by atoms with E-state index in [2.05, 4.69) is 42.3 Å². The Kier molecular flexibility index (Phi) is 5.29. The van der Waals surface area contributed by atoms with Crippen LogP contribution in [-0.2, 0) is 0 Å². The van der Waals surface area contributed by atoms with E-state index in [0.717, 1.165) is 19.5 Å². The van der Waals surface area contributed by atoms with Crippen LogP contribution in [0, 0.1) is 0 Å². The van der Waals surface area contributed by atoms with E-state index in [-0.39, 0.29) is 0 Å². The molecule has 1 atom stereocenters. The molecule has 0 bridgehead atoms. The van der Waals surface area contributed by atoms with Gasteiger partial charge in [-0.3, -0.25) is 4.98 Å². The summed E-state index contributed by atoms with van der Waals surface area (Å²) in [4.78, 5) is 6.37. The minimum absolute atomic E-state index is 0.422. The van der Waals surface area contributed by atoms with Crippen molar-refractivity contribution < 1.29 is 0 Å². The number of aromatic nitrogens is 1. The number of hydrogen-bond acceptors (Lipinski definition) is 3. The van der Waals surface area contributed by atoms with Gasteiger partial charge < -0.3 is 10.2 Å². The van der Waals surface area contributed by atoms with Crippen molar-refractivity contribution in [2.75, 3.05) is 27.2 Å². The highest BCUT2D eigenvalue weighted by molar-refractivity contribution is 5.13. The Balaban J connectivity index is 2.57. The predicted molar refractivity (Wildman–Crippen MR) is 63.8 cm³/mol. The molecule has 0 saturated carbocycles. The Bertz CT molecular complexity index is 259. The molecule has 0 aromatic carbocycles. The van der Waals surface area contributed by atoms with Gasteiger partial charge in [-0.15, -0.1) is 0 Å². The van der Waals surface area contributed by atoms with Gasteiger partial charge in [0.15, 0.2) is 0 Å². The van der Waals surface area contributed by atoms with Crippen LogP contribution in [0.25, 0.3) is 0 Å². The van der Waals surface area contributed by atoms with Gasteiger partial charge in [0.05, 0.1) is 0 Å². The molecule has 0 fully saturated rings. The first-order chi connectivity index (χ1) is 7.24. The summed E-state index contributed by atoms with van der Waals surface area (Å²) in [6, 6.07) is 4.55. The van der Waals surface area contributed by atoms with E-state index in [1.54, 1.807) is 0 Å². The molecule has 1 N–H and O–H groups in total. The fourth-order valence-corrected chi connectivity index (χ4v) is 1.60. The third kappa shape index (κ3) is 4.40. The van der Waals surface area contributed by atoms with E-state index in [1.807, 2.05) is 18.5 Å². The zero-order chi connectivity index (χ0) is 11.1. The van der Waals surface area contributed by atoms with Gasteiger partial charge in [0.25, 0.3) is 0 Å². The lowest BCUT2D eigenvalue weighted by Crippen LogP contribution is -2.25. The average molecular weight is 207 g/mol. The van der Waals surface area contributed by atoms with Crippen molar-refractivity contribution in [2.24, 2.45) is 0 Å². The summed E-state index contributed by atoms with van der Waals surface area (Å²) in [6.07, 6.45) is 4.88. The maximum Gasteiger partial charge on any atom is 0.0347 e. The van der Waals surface area contributed by atoms with Crippen molar-refractivity contribution in [3.05, 3.63) is 30.1 Å². The van der Waals surface area contributed by atoms with Crippen molar-refractivity contribution >= 4 is 0 Å². The molecule has 15 heavy (non-hydrogen) atoms. The Morgan fingerprint density at radius 2 is 2.27 bits per heavy atom. The molecule has 1 aromatic heterocycles. The SMILES string of the molecule is CCNC(CCN(C)C)c1cccnc1. The van der Waals surface area contributed by atoms with Crippen LogP contribution in [0.4, 0.5) is 0 Å². The van der Waals surface area contributed by atoms with Crippen LogP contribution in [-0.4, -0.2) is 37.1 Å². The molecule has 3 nitrogen and oxygen atoms in total. The van der Waals surface area contributed by atoms with Crippen LogP contribution in [0.3, 0.4) is 0 Å². The second kappa shape index (κ2) is 6.53. The van der Waals surface area contributed by atoms with E-state index in [9.17, 15) is 0 Å². The molecule has 1 rings (SSSR count). The Hall–Kier alpha value is -0.930. The minimum Gasteiger partial charge on any atom is -0.310 e. The van der Waals surface area contributed by atoms with E-state index in [4.69, 9.17) is 0 Å². The van der Waals surface area contributed by atoms with Crippen LogP contribution in [0.5, 0.6) is 0 Å². The molecule has 0 saturated heterocycles. The fraction of sp³-hybridized carbons (Fsp3) is 0.583. The first-order valence-corrected chi connectivity index (χ1v) is 5.52.